The Kier molecular flexibility index (Phi) is 1.97. The van der Waals surface area contributed by atoms with Crippen LogP contribution in [-0.4, -0.2) is 6.61 Å². The Morgan fingerprint density at radius 1 is 1.23 bits per heavy atom. The van der Waals surface area contributed by atoms with Gasteiger partial charge in [-0.2, -0.15) is 0 Å². The van der Waals surface area contributed by atoms with Crippen molar-refractivity contribution in [2.24, 2.45) is 0 Å². The van der Waals surface area contributed by atoms with Crippen LogP contribution in [0.25, 0.3) is 10.8 Å². The van der Waals surface area contributed by atoms with Crippen molar-refractivity contribution < 1.29 is 9.15 Å². The molecule has 1 aromatic heterocycles. The number of benzene rings is 1. The average molecular weight is 176 g/mol. The van der Waals surface area contributed by atoms with Crippen LogP contribution in [0.1, 0.15) is 12.5 Å². The highest BCUT2D eigenvalue weighted by atomic mass is 16.5. The monoisotopic (exact) mass is 176 g/mol. The van der Waals surface area contributed by atoms with Crippen LogP contribution in [-0.2, 0) is 0 Å². The Balaban J connectivity index is 2.56. The van der Waals surface area contributed by atoms with Crippen LogP contribution in [0.2, 0.25) is 0 Å². The molecule has 0 unspecified atom stereocenters. The van der Waals surface area contributed by atoms with Crippen LogP contribution in [0.4, 0.5) is 0 Å². The van der Waals surface area contributed by atoms with Gasteiger partial charge in [0.2, 0.25) is 0 Å². The van der Waals surface area contributed by atoms with Crippen LogP contribution < -0.4 is 4.74 Å². The molecule has 0 amide bonds. The van der Waals surface area contributed by atoms with E-state index in [-0.39, 0.29) is 0 Å². The number of furan rings is 1. The number of ether oxygens (including phenoxy) is 1. The molecular formula is C11H12O2. The zero-order chi connectivity index (χ0) is 9.26. The van der Waals surface area contributed by atoms with Crippen LogP contribution >= 0.6 is 0 Å². The van der Waals surface area contributed by atoms with Gasteiger partial charge in [-0.25, -0.2) is 0 Å². The maximum Gasteiger partial charge on any atom is 0.122 e. The van der Waals surface area contributed by atoms with Crippen LogP contribution in [0, 0.1) is 6.92 Å². The maximum absolute atomic E-state index is 5.47. The topological polar surface area (TPSA) is 22.4 Å². The molecule has 0 aliphatic rings. The molecule has 68 valence electrons. The Hall–Kier alpha value is -1.44. The van der Waals surface area contributed by atoms with Crippen molar-refractivity contribution in [3.63, 3.8) is 0 Å². The van der Waals surface area contributed by atoms with Gasteiger partial charge < -0.3 is 9.15 Å². The predicted octanol–water partition coefficient (Wildman–Crippen LogP) is 3.14. The summed E-state index contributed by atoms with van der Waals surface area (Å²) in [5.41, 5.74) is 1.15. The molecule has 0 bridgehead atoms. The van der Waals surface area contributed by atoms with Crippen molar-refractivity contribution in [1.82, 2.24) is 0 Å². The molecule has 2 rings (SSSR count). The molecule has 2 aromatic rings. The van der Waals surface area contributed by atoms with Crippen molar-refractivity contribution in [3.8, 4) is 5.75 Å². The predicted molar refractivity (Wildman–Crippen MR) is 52.1 cm³/mol. The fourth-order valence-corrected chi connectivity index (χ4v) is 1.42. The number of hydrogen-bond donors (Lipinski definition) is 0. The van der Waals surface area contributed by atoms with Crippen molar-refractivity contribution in [3.05, 3.63) is 30.2 Å². The molecule has 13 heavy (non-hydrogen) atoms. The zero-order valence-corrected chi connectivity index (χ0v) is 7.83. The smallest absolute Gasteiger partial charge is 0.122 e. The van der Waals surface area contributed by atoms with Gasteiger partial charge in [0.1, 0.15) is 5.75 Å². The minimum atomic E-state index is 0.699. The van der Waals surface area contributed by atoms with Crippen LogP contribution in [0.15, 0.2) is 29.1 Å². The summed E-state index contributed by atoms with van der Waals surface area (Å²) < 4.78 is 10.6. The van der Waals surface area contributed by atoms with E-state index in [1.165, 1.54) is 0 Å². The van der Waals surface area contributed by atoms with E-state index in [1.54, 1.807) is 12.5 Å². The molecule has 2 nitrogen and oxygen atoms in total. The highest BCUT2D eigenvalue weighted by molar-refractivity contribution is 5.83. The second-order valence-electron chi connectivity index (χ2n) is 3.05. The van der Waals surface area contributed by atoms with Crippen molar-refractivity contribution in [2.45, 2.75) is 13.8 Å². The Morgan fingerprint density at radius 3 is 2.62 bits per heavy atom. The lowest BCUT2D eigenvalue weighted by molar-refractivity contribution is 0.338. The maximum atomic E-state index is 5.47. The summed E-state index contributed by atoms with van der Waals surface area (Å²) in [6.07, 6.45) is 3.48. The average Bonchev–Trinajstić information content (AvgIpc) is 2.52. The lowest BCUT2D eigenvalue weighted by atomic mass is 10.1. The quantitative estimate of drug-likeness (QED) is 0.701. The standard InChI is InChI=1S/C11H12O2/c1-3-13-11-5-10-7-12-6-9(10)4-8(11)2/h4-7H,3H2,1-2H3. The van der Waals surface area contributed by atoms with E-state index >= 15 is 0 Å². The summed E-state index contributed by atoms with van der Waals surface area (Å²) in [5.74, 6) is 0.941. The lowest BCUT2D eigenvalue weighted by Gasteiger charge is -2.05. The van der Waals surface area contributed by atoms with E-state index in [9.17, 15) is 0 Å². The Labute approximate surface area is 77.1 Å². The molecular weight excluding hydrogens is 164 g/mol. The summed E-state index contributed by atoms with van der Waals surface area (Å²) in [6.45, 7) is 4.72. The number of fused-ring (bicyclic) bond motifs is 1. The highest BCUT2D eigenvalue weighted by Crippen LogP contribution is 2.25. The first-order valence-electron chi connectivity index (χ1n) is 4.40. The van der Waals surface area contributed by atoms with Gasteiger partial charge in [-0.1, -0.05) is 0 Å². The molecule has 1 aromatic carbocycles. The fourth-order valence-electron chi connectivity index (χ4n) is 1.42. The minimum Gasteiger partial charge on any atom is -0.494 e. The van der Waals surface area contributed by atoms with Gasteiger partial charge in [0.15, 0.2) is 0 Å². The number of rotatable bonds is 2. The van der Waals surface area contributed by atoms with E-state index < -0.39 is 0 Å². The molecule has 2 heteroatoms. The summed E-state index contributed by atoms with van der Waals surface area (Å²) >= 11 is 0. The normalized spacial score (nSPS) is 10.6. The first kappa shape index (κ1) is 8.17. The van der Waals surface area contributed by atoms with Gasteiger partial charge in [0.25, 0.3) is 0 Å². The molecule has 0 saturated carbocycles. The van der Waals surface area contributed by atoms with E-state index in [1.807, 2.05) is 19.9 Å². The molecule has 1 heterocycles. The van der Waals surface area contributed by atoms with Gasteiger partial charge in [-0.15, -0.1) is 0 Å². The van der Waals surface area contributed by atoms with Gasteiger partial charge in [0, 0.05) is 10.8 Å². The summed E-state index contributed by atoms with van der Waals surface area (Å²) in [7, 11) is 0. The lowest BCUT2D eigenvalue weighted by Crippen LogP contribution is -1.93. The highest BCUT2D eigenvalue weighted by Gasteiger charge is 2.02. The van der Waals surface area contributed by atoms with Gasteiger partial charge in [0.05, 0.1) is 19.1 Å². The summed E-state index contributed by atoms with van der Waals surface area (Å²) in [5, 5.41) is 2.22. The summed E-state index contributed by atoms with van der Waals surface area (Å²) in [6, 6.07) is 4.08. The molecule has 0 atom stereocenters. The van der Waals surface area contributed by atoms with Crippen LogP contribution in [0.3, 0.4) is 0 Å². The SMILES string of the molecule is CCOc1cc2cocc2cc1C. The third kappa shape index (κ3) is 1.39. The van der Waals surface area contributed by atoms with Gasteiger partial charge in [-0.05, 0) is 31.5 Å². The van der Waals surface area contributed by atoms with Crippen molar-refractivity contribution in [2.75, 3.05) is 6.61 Å². The summed E-state index contributed by atoms with van der Waals surface area (Å²) in [4.78, 5) is 0. The van der Waals surface area contributed by atoms with E-state index in [0.29, 0.717) is 6.61 Å². The molecule has 0 radical (unpaired) electrons. The first-order valence-corrected chi connectivity index (χ1v) is 4.40. The Morgan fingerprint density at radius 2 is 1.92 bits per heavy atom. The van der Waals surface area contributed by atoms with Gasteiger partial charge in [-0.3, -0.25) is 0 Å². The number of hydrogen-bond acceptors (Lipinski definition) is 2. The second kappa shape index (κ2) is 3.13. The molecule has 0 fully saturated rings. The first-order chi connectivity index (χ1) is 6.31. The third-order valence-electron chi connectivity index (χ3n) is 2.07. The largest absolute Gasteiger partial charge is 0.494 e. The molecule has 0 N–H and O–H groups in total. The van der Waals surface area contributed by atoms with Crippen molar-refractivity contribution in [1.29, 1.82) is 0 Å². The van der Waals surface area contributed by atoms with E-state index in [4.69, 9.17) is 9.15 Å². The molecule has 0 saturated heterocycles. The van der Waals surface area contributed by atoms with E-state index in [2.05, 4.69) is 6.07 Å². The third-order valence-corrected chi connectivity index (χ3v) is 2.07. The molecule has 0 spiro atoms. The van der Waals surface area contributed by atoms with Crippen molar-refractivity contribution >= 4 is 10.8 Å². The zero-order valence-electron chi connectivity index (χ0n) is 7.83. The minimum absolute atomic E-state index is 0.699. The second-order valence-corrected chi connectivity index (χ2v) is 3.05. The van der Waals surface area contributed by atoms with Gasteiger partial charge >= 0.3 is 0 Å². The Bertz CT molecular complexity index is 415. The fraction of sp³-hybridized carbons (Fsp3) is 0.273. The van der Waals surface area contributed by atoms with E-state index in [0.717, 1.165) is 22.1 Å². The number of aryl methyl sites for hydroxylation is 1. The molecule has 0 aliphatic heterocycles. The molecule has 0 aliphatic carbocycles. The van der Waals surface area contributed by atoms with Crippen LogP contribution in [0.5, 0.6) is 5.75 Å².